The van der Waals surface area contributed by atoms with Crippen molar-refractivity contribution in [3.63, 3.8) is 0 Å². The van der Waals surface area contributed by atoms with Crippen LogP contribution in [-0.4, -0.2) is 32.4 Å². The van der Waals surface area contributed by atoms with E-state index >= 15 is 0 Å². The van der Waals surface area contributed by atoms with Gasteiger partial charge in [0, 0.05) is 31.6 Å². The minimum absolute atomic E-state index is 0.0498. The van der Waals surface area contributed by atoms with Crippen molar-refractivity contribution >= 4 is 15.5 Å². The summed E-state index contributed by atoms with van der Waals surface area (Å²) in [5.74, 6) is 1.04. The highest BCUT2D eigenvalue weighted by Crippen LogP contribution is 2.40. The molecule has 0 radical (unpaired) electrons. The van der Waals surface area contributed by atoms with Crippen LogP contribution in [0.1, 0.15) is 38.7 Å². The van der Waals surface area contributed by atoms with Gasteiger partial charge >= 0.3 is 0 Å². The number of aryl methyl sites for hydroxylation is 1. The summed E-state index contributed by atoms with van der Waals surface area (Å²) < 4.78 is 31.0. The first kappa shape index (κ1) is 18.4. The van der Waals surface area contributed by atoms with Crippen LogP contribution < -0.4 is 9.64 Å². The van der Waals surface area contributed by atoms with E-state index in [0.29, 0.717) is 4.90 Å². The Labute approximate surface area is 162 Å². The Balaban J connectivity index is 1.44. The summed E-state index contributed by atoms with van der Waals surface area (Å²) in [4.78, 5) is 2.74. The van der Waals surface area contributed by atoms with Gasteiger partial charge in [-0.1, -0.05) is 18.2 Å². The lowest BCUT2D eigenvalue weighted by atomic mass is 9.83. The first-order valence-electron chi connectivity index (χ1n) is 9.76. The molecule has 5 heteroatoms. The Morgan fingerprint density at radius 2 is 1.63 bits per heavy atom. The number of fused-ring (bicyclic) bond motifs is 1. The molecule has 2 aliphatic heterocycles. The normalized spacial score (nSPS) is 19.0. The van der Waals surface area contributed by atoms with Crippen LogP contribution in [0, 0.1) is 0 Å². The number of anilines is 1. The summed E-state index contributed by atoms with van der Waals surface area (Å²) in [6.07, 6.45) is 4.14. The lowest BCUT2D eigenvalue weighted by molar-refractivity contribution is 0.0226. The van der Waals surface area contributed by atoms with Crippen molar-refractivity contribution in [2.75, 3.05) is 18.0 Å². The summed E-state index contributed by atoms with van der Waals surface area (Å²) in [5.41, 5.74) is 2.35. The van der Waals surface area contributed by atoms with Crippen molar-refractivity contribution in [3.05, 3.63) is 54.1 Å². The number of piperidine rings is 1. The SMILES string of the molecule is CC(C)S(=O)(=O)c1ccc(N2CCC3(CCc4ccccc4O3)CC2)cc1. The summed E-state index contributed by atoms with van der Waals surface area (Å²) in [5, 5.41) is -0.399. The van der Waals surface area contributed by atoms with E-state index in [-0.39, 0.29) is 5.60 Å². The van der Waals surface area contributed by atoms with Gasteiger partial charge in [0.15, 0.2) is 9.84 Å². The zero-order valence-electron chi connectivity index (χ0n) is 16.0. The molecule has 0 N–H and O–H groups in total. The summed E-state index contributed by atoms with van der Waals surface area (Å²) >= 11 is 0. The molecular weight excluding hydrogens is 358 g/mol. The predicted octanol–water partition coefficient (Wildman–Crippen LogP) is 4.23. The molecule has 4 nitrogen and oxygen atoms in total. The first-order valence-corrected chi connectivity index (χ1v) is 11.3. The van der Waals surface area contributed by atoms with E-state index in [2.05, 4.69) is 23.1 Å². The molecule has 0 saturated carbocycles. The minimum Gasteiger partial charge on any atom is -0.487 e. The number of sulfone groups is 1. The third-order valence-corrected chi connectivity index (χ3v) is 8.15. The lowest BCUT2D eigenvalue weighted by Crippen LogP contribution is -2.49. The van der Waals surface area contributed by atoms with Crippen molar-refractivity contribution in [3.8, 4) is 5.75 Å². The van der Waals surface area contributed by atoms with Gasteiger partial charge in [0.25, 0.3) is 0 Å². The number of para-hydroxylation sites is 1. The largest absolute Gasteiger partial charge is 0.487 e. The molecule has 0 aromatic heterocycles. The molecule has 144 valence electrons. The zero-order chi connectivity index (χ0) is 19.1. The van der Waals surface area contributed by atoms with Crippen molar-refractivity contribution < 1.29 is 13.2 Å². The number of hydrogen-bond acceptors (Lipinski definition) is 4. The predicted molar refractivity (Wildman–Crippen MR) is 108 cm³/mol. The molecule has 0 unspecified atom stereocenters. The molecule has 2 aromatic carbocycles. The summed E-state index contributed by atoms with van der Waals surface area (Å²) in [6.45, 7) is 5.29. The van der Waals surface area contributed by atoms with Gasteiger partial charge < -0.3 is 9.64 Å². The molecule has 4 rings (SSSR count). The molecule has 0 bridgehead atoms. The average molecular weight is 386 g/mol. The van der Waals surface area contributed by atoms with Gasteiger partial charge in [-0.25, -0.2) is 8.42 Å². The fourth-order valence-corrected chi connectivity index (χ4v) is 5.16. The summed E-state index contributed by atoms with van der Waals surface area (Å²) in [7, 11) is -3.21. The Morgan fingerprint density at radius 1 is 0.963 bits per heavy atom. The van der Waals surface area contributed by atoms with Crippen LogP contribution in [0.15, 0.2) is 53.4 Å². The molecule has 2 heterocycles. The second-order valence-corrected chi connectivity index (χ2v) is 10.5. The van der Waals surface area contributed by atoms with Crippen molar-refractivity contribution in [2.45, 2.75) is 55.3 Å². The maximum atomic E-state index is 12.3. The number of nitrogens with zero attached hydrogens (tertiary/aromatic N) is 1. The van der Waals surface area contributed by atoms with Crippen LogP contribution >= 0.6 is 0 Å². The zero-order valence-corrected chi connectivity index (χ0v) is 16.8. The van der Waals surface area contributed by atoms with Gasteiger partial charge in [-0.3, -0.25) is 0 Å². The summed E-state index contributed by atoms with van der Waals surface area (Å²) in [6, 6.07) is 15.7. The minimum atomic E-state index is -3.21. The van der Waals surface area contributed by atoms with E-state index in [9.17, 15) is 8.42 Å². The second kappa shape index (κ2) is 6.86. The third-order valence-electron chi connectivity index (χ3n) is 5.97. The highest BCUT2D eigenvalue weighted by molar-refractivity contribution is 7.92. The molecule has 1 fully saturated rings. The Hall–Kier alpha value is -2.01. The van der Waals surface area contributed by atoms with Crippen LogP contribution in [0.25, 0.3) is 0 Å². The molecule has 2 aromatic rings. The first-order chi connectivity index (χ1) is 12.9. The van der Waals surface area contributed by atoms with E-state index in [0.717, 1.165) is 50.2 Å². The Bertz CT molecular complexity index is 911. The number of ether oxygens (including phenoxy) is 1. The maximum absolute atomic E-state index is 12.3. The average Bonchev–Trinajstić information content (AvgIpc) is 2.68. The molecule has 27 heavy (non-hydrogen) atoms. The number of hydrogen-bond donors (Lipinski definition) is 0. The van der Waals surface area contributed by atoms with E-state index in [1.54, 1.807) is 26.0 Å². The van der Waals surface area contributed by atoms with Gasteiger partial charge in [0.05, 0.1) is 10.1 Å². The standard InChI is InChI=1S/C22H27NO3S/c1-17(2)27(24,25)20-9-7-19(8-10-20)23-15-13-22(14-16-23)12-11-18-5-3-4-6-21(18)26-22/h3-10,17H,11-16H2,1-2H3. The smallest absolute Gasteiger partial charge is 0.180 e. The molecule has 1 saturated heterocycles. The molecule has 0 aliphatic carbocycles. The van der Waals surface area contributed by atoms with Gasteiger partial charge in [-0.15, -0.1) is 0 Å². The molecular formula is C22H27NO3S. The lowest BCUT2D eigenvalue weighted by Gasteiger charge is -2.45. The molecule has 2 aliphatic rings. The fourth-order valence-electron chi connectivity index (χ4n) is 4.10. The highest BCUT2D eigenvalue weighted by Gasteiger charge is 2.39. The molecule has 0 amide bonds. The van der Waals surface area contributed by atoms with Crippen molar-refractivity contribution in [1.82, 2.24) is 0 Å². The second-order valence-electron chi connectivity index (χ2n) is 7.97. The van der Waals surface area contributed by atoms with Crippen LogP contribution in [0.3, 0.4) is 0 Å². The van der Waals surface area contributed by atoms with Crippen LogP contribution in [-0.2, 0) is 16.3 Å². The van der Waals surface area contributed by atoms with Gasteiger partial charge in [-0.05, 0) is 62.6 Å². The monoisotopic (exact) mass is 385 g/mol. The van der Waals surface area contributed by atoms with E-state index < -0.39 is 15.1 Å². The fraction of sp³-hybridized carbons (Fsp3) is 0.455. The molecule has 0 atom stereocenters. The van der Waals surface area contributed by atoms with Crippen molar-refractivity contribution in [2.24, 2.45) is 0 Å². The van der Waals surface area contributed by atoms with E-state index in [1.807, 2.05) is 18.2 Å². The highest BCUT2D eigenvalue weighted by atomic mass is 32.2. The Kier molecular flexibility index (Phi) is 4.66. The molecule has 1 spiro atoms. The van der Waals surface area contributed by atoms with Crippen LogP contribution in [0.4, 0.5) is 5.69 Å². The van der Waals surface area contributed by atoms with Crippen LogP contribution in [0.5, 0.6) is 5.75 Å². The van der Waals surface area contributed by atoms with E-state index in [4.69, 9.17) is 4.74 Å². The van der Waals surface area contributed by atoms with Gasteiger partial charge in [0.2, 0.25) is 0 Å². The van der Waals surface area contributed by atoms with Crippen molar-refractivity contribution in [1.29, 1.82) is 0 Å². The quantitative estimate of drug-likeness (QED) is 0.793. The van der Waals surface area contributed by atoms with Crippen LogP contribution in [0.2, 0.25) is 0 Å². The maximum Gasteiger partial charge on any atom is 0.180 e. The van der Waals surface area contributed by atoms with Gasteiger partial charge in [0.1, 0.15) is 11.4 Å². The number of benzene rings is 2. The van der Waals surface area contributed by atoms with E-state index in [1.165, 1.54) is 5.56 Å². The topological polar surface area (TPSA) is 46.6 Å². The van der Waals surface area contributed by atoms with Gasteiger partial charge in [-0.2, -0.15) is 0 Å². The number of rotatable bonds is 3. The third kappa shape index (κ3) is 3.45. The Morgan fingerprint density at radius 3 is 2.30 bits per heavy atom.